The van der Waals surface area contributed by atoms with Gasteiger partial charge >= 0.3 is 5.70 Å². The monoisotopic (exact) mass is 554 g/mol. The number of hydrogen-bond acceptors (Lipinski definition) is 5. The van der Waals surface area contributed by atoms with Crippen LogP contribution in [0.15, 0.2) is 133 Å². The summed E-state index contributed by atoms with van der Waals surface area (Å²) in [4.78, 5) is 7.66. The van der Waals surface area contributed by atoms with Crippen molar-refractivity contribution in [3.8, 4) is 6.07 Å². The van der Waals surface area contributed by atoms with Gasteiger partial charge in [0.15, 0.2) is 0 Å². The number of nitriles is 1. The average molecular weight is 555 g/mol. The van der Waals surface area contributed by atoms with Crippen molar-refractivity contribution in [2.75, 3.05) is 0 Å². The molecule has 1 aliphatic heterocycles. The Bertz CT molecular complexity index is 1430. The van der Waals surface area contributed by atoms with E-state index in [4.69, 9.17) is 6.57 Å². The zero-order valence-corrected chi connectivity index (χ0v) is 23.4. The van der Waals surface area contributed by atoms with Crippen molar-refractivity contribution < 1.29 is 10.2 Å². The quantitative estimate of drug-likeness (QED) is 0.220. The van der Waals surface area contributed by atoms with Gasteiger partial charge in [0.1, 0.15) is 18.0 Å². The van der Waals surface area contributed by atoms with Crippen LogP contribution in [-0.2, 0) is 25.9 Å². The van der Waals surface area contributed by atoms with Gasteiger partial charge in [0.25, 0.3) is 0 Å². The fraction of sp³-hybridized carbons (Fsp3) is 0.222. The van der Waals surface area contributed by atoms with Gasteiger partial charge < -0.3 is 20.0 Å². The Kier molecular flexibility index (Phi) is 9.31. The van der Waals surface area contributed by atoms with Crippen LogP contribution in [0.5, 0.6) is 0 Å². The molecule has 6 heteroatoms. The van der Waals surface area contributed by atoms with Crippen LogP contribution < -0.4 is 0 Å². The van der Waals surface area contributed by atoms with Gasteiger partial charge in [-0.3, -0.25) is 0 Å². The third-order valence-corrected chi connectivity index (χ3v) is 7.88. The summed E-state index contributed by atoms with van der Waals surface area (Å²) in [6.45, 7) is 8.75. The SMILES string of the molecule is [C-]#[N+]C(C#N)=C1N(Cc2ccccc2)C(Cc2ccccc2)C(O)C(O)C(Cc2ccccc2)N1Cc1ccccc1. The first kappa shape index (κ1) is 28.6. The van der Waals surface area contributed by atoms with Crippen LogP contribution in [0, 0.1) is 17.9 Å². The normalized spacial score (nSPS) is 20.3. The topological polar surface area (TPSA) is 75.1 Å². The Balaban J connectivity index is 1.72. The minimum atomic E-state index is -1.16. The minimum absolute atomic E-state index is 0.0701. The lowest BCUT2D eigenvalue weighted by Gasteiger charge is -2.41. The number of benzene rings is 4. The van der Waals surface area contributed by atoms with E-state index in [-0.39, 0.29) is 5.70 Å². The van der Waals surface area contributed by atoms with E-state index in [2.05, 4.69) is 10.9 Å². The van der Waals surface area contributed by atoms with Gasteiger partial charge in [0, 0.05) is 13.1 Å². The molecule has 4 unspecified atom stereocenters. The molecule has 42 heavy (non-hydrogen) atoms. The zero-order chi connectivity index (χ0) is 29.3. The lowest BCUT2D eigenvalue weighted by Crippen LogP contribution is -2.50. The molecule has 4 aromatic rings. The molecule has 0 amide bonds. The molecule has 0 bridgehead atoms. The number of aliphatic hydroxyl groups excluding tert-OH is 2. The van der Waals surface area contributed by atoms with Crippen LogP contribution in [0.3, 0.4) is 0 Å². The summed E-state index contributed by atoms with van der Waals surface area (Å²) in [5.74, 6) is 0.428. The summed E-state index contributed by atoms with van der Waals surface area (Å²) in [7, 11) is 0. The molecular formula is C36H34N4O2. The van der Waals surface area contributed by atoms with Crippen LogP contribution in [0.4, 0.5) is 0 Å². The van der Waals surface area contributed by atoms with Gasteiger partial charge in [-0.15, -0.1) is 0 Å². The van der Waals surface area contributed by atoms with E-state index in [0.717, 1.165) is 22.3 Å². The molecule has 0 aliphatic carbocycles. The summed E-state index contributed by atoms with van der Waals surface area (Å²) >= 11 is 0. The van der Waals surface area contributed by atoms with Crippen molar-refractivity contribution in [3.63, 3.8) is 0 Å². The first-order valence-electron chi connectivity index (χ1n) is 14.2. The molecule has 0 aromatic heterocycles. The summed E-state index contributed by atoms with van der Waals surface area (Å²) in [6.07, 6.45) is -1.49. The van der Waals surface area contributed by atoms with Crippen molar-refractivity contribution in [1.29, 1.82) is 5.26 Å². The van der Waals surface area contributed by atoms with Crippen LogP contribution in [0.25, 0.3) is 4.85 Å². The number of allylic oxidation sites excluding steroid dienone is 1. The second-order valence-electron chi connectivity index (χ2n) is 10.6. The Morgan fingerprint density at radius 2 is 0.952 bits per heavy atom. The first-order valence-corrected chi connectivity index (χ1v) is 14.2. The molecule has 0 radical (unpaired) electrons. The average Bonchev–Trinajstić information content (AvgIpc) is 3.11. The maximum absolute atomic E-state index is 12.0. The van der Waals surface area contributed by atoms with Crippen molar-refractivity contribution >= 4 is 0 Å². The van der Waals surface area contributed by atoms with E-state index in [1.807, 2.05) is 131 Å². The number of hydrogen-bond donors (Lipinski definition) is 2. The van der Waals surface area contributed by atoms with Crippen LogP contribution >= 0.6 is 0 Å². The molecule has 4 aromatic carbocycles. The highest BCUT2D eigenvalue weighted by atomic mass is 16.3. The predicted molar refractivity (Wildman–Crippen MR) is 163 cm³/mol. The number of rotatable bonds is 8. The summed E-state index contributed by atoms with van der Waals surface area (Å²) in [5.41, 5.74) is 3.85. The standard InChI is InChI=1S/C36H34N4O2/c1-38-31(24-37)36-39(25-29-18-10-4-11-19-29)32(22-27-14-6-2-7-15-27)34(41)35(42)33(23-28-16-8-3-9-17-28)40(36)26-30-20-12-5-13-21-30/h2-21,32-35,41-42H,22-23,25-26H2. The molecule has 1 heterocycles. The zero-order valence-electron chi connectivity index (χ0n) is 23.4. The highest BCUT2D eigenvalue weighted by Crippen LogP contribution is 2.35. The summed E-state index contributed by atoms with van der Waals surface area (Å²) in [6, 6.07) is 40.3. The highest BCUT2D eigenvalue weighted by molar-refractivity contribution is 5.36. The predicted octanol–water partition coefficient (Wildman–Crippen LogP) is 5.56. The summed E-state index contributed by atoms with van der Waals surface area (Å²) in [5, 5.41) is 34.3. The largest absolute Gasteiger partial charge is 0.388 e. The lowest BCUT2D eigenvalue weighted by atomic mass is 9.91. The van der Waals surface area contributed by atoms with Gasteiger partial charge in [0.2, 0.25) is 0 Å². The molecule has 0 spiro atoms. The molecule has 5 rings (SSSR count). The van der Waals surface area contributed by atoms with Gasteiger partial charge in [-0.2, -0.15) is 0 Å². The lowest BCUT2D eigenvalue weighted by molar-refractivity contribution is -0.0408. The second-order valence-corrected chi connectivity index (χ2v) is 10.6. The van der Waals surface area contributed by atoms with Gasteiger partial charge in [-0.1, -0.05) is 121 Å². The van der Waals surface area contributed by atoms with Gasteiger partial charge in [-0.25, -0.2) is 10.1 Å². The Morgan fingerprint density at radius 3 is 1.26 bits per heavy atom. The smallest absolute Gasteiger partial charge is 0.300 e. The molecule has 1 aliphatic rings. The Morgan fingerprint density at radius 1 is 0.619 bits per heavy atom. The fourth-order valence-electron chi connectivity index (χ4n) is 5.82. The first-order chi connectivity index (χ1) is 20.6. The van der Waals surface area contributed by atoms with Crippen LogP contribution in [0.1, 0.15) is 22.3 Å². The van der Waals surface area contributed by atoms with Crippen molar-refractivity contribution in [3.05, 3.63) is 167 Å². The van der Waals surface area contributed by atoms with E-state index in [1.165, 1.54) is 0 Å². The van der Waals surface area contributed by atoms with Crippen molar-refractivity contribution in [2.24, 2.45) is 0 Å². The van der Waals surface area contributed by atoms with Gasteiger partial charge in [-0.05, 0) is 35.1 Å². The van der Waals surface area contributed by atoms with Crippen LogP contribution in [-0.4, -0.2) is 44.3 Å². The molecule has 210 valence electrons. The number of aliphatic hydroxyl groups is 2. The molecular weight excluding hydrogens is 520 g/mol. The van der Waals surface area contributed by atoms with Crippen molar-refractivity contribution in [1.82, 2.24) is 9.80 Å². The second kappa shape index (κ2) is 13.7. The van der Waals surface area contributed by atoms with E-state index >= 15 is 0 Å². The molecule has 0 saturated carbocycles. The Labute approximate surface area is 247 Å². The molecule has 2 N–H and O–H groups in total. The maximum atomic E-state index is 12.0. The van der Waals surface area contributed by atoms with E-state index in [9.17, 15) is 15.5 Å². The molecule has 1 saturated heterocycles. The van der Waals surface area contributed by atoms with E-state index < -0.39 is 24.3 Å². The fourth-order valence-corrected chi connectivity index (χ4v) is 5.82. The molecule has 4 atom stereocenters. The summed E-state index contributed by atoms with van der Waals surface area (Å²) < 4.78 is 0. The molecule has 6 nitrogen and oxygen atoms in total. The Hall–Kier alpha value is -4.88. The maximum Gasteiger partial charge on any atom is 0.300 e. The van der Waals surface area contributed by atoms with Gasteiger partial charge in [0.05, 0.1) is 24.7 Å². The van der Waals surface area contributed by atoms with Crippen LogP contribution in [0.2, 0.25) is 0 Å². The molecule has 1 fully saturated rings. The van der Waals surface area contributed by atoms with E-state index in [1.54, 1.807) is 0 Å². The highest BCUT2D eigenvalue weighted by Gasteiger charge is 2.45. The van der Waals surface area contributed by atoms with E-state index in [0.29, 0.717) is 31.8 Å². The minimum Gasteiger partial charge on any atom is -0.388 e. The third kappa shape index (κ3) is 6.53. The third-order valence-electron chi connectivity index (χ3n) is 7.88. The van der Waals surface area contributed by atoms with Crippen molar-refractivity contribution in [2.45, 2.75) is 50.2 Å². The number of nitrogens with zero attached hydrogens (tertiary/aromatic N) is 4.